The Kier molecular flexibility index (Phi) is 8.86. The number of nitrogens with one attached hydrogen (secondary N) is 2. The lowest BCUT2D eigenvalue weighted by Gasteiger charge is -2.11. The van der Waals surface area contributed by atoms with Crippen molar-refractivity contribution in [2.24, 2.45) is 0 Å². The second-order valence-electron chi connectivity index (χ2n) is 9.00. The van der Waals surface area contributed by atoms with E-state index in [2.05, 4.69) is 11.4 Å². The second-order valence-corrected chi connectivity index (χ2v) is 11.8. The Hall–Kier alpha value is -4.22. The van der Waals surface area contributed by atoms with Crippen molar-refractivity contribution in [1.82, 2.24) is 4.72 Å². The molecular weight excluding hydrogens is 553 g/mol. The van der Waals surface area contributed by atoms with E-state index >= 15 is 0 Å². The van der Waals surface area contributed by atoms with E-state index in [4.69, 9.17) is 0 Å². The number of nitro benzene ring substituents is 1. The SMILES string of the molecule is Cc1ccc(SCCNc2ccc(S(=O)(=O)NC(=O)c3ccc(-c4ccc(F)cc4)cc3)cc2[N+](=O)[O-])c(C)c1. The van der Waals surface area contributed by atoms with Gasteiger partial charge in [0, 0.05) is 28.8 Å². The lowest BCUT2D eigenvalue weighted by Crippen LogP contribution is -2.30. The summed E-state index contributed by atoms with van der Waals surface area (Å²) >= 11 is 1.61. The molecule has 8 nitrogen and oxygen atoms in total. The van der Waals surface area contributed by atoms with Gasteiger partial charge in [-0.05, 0) is 73.0 Å². The van der Waals surface area contributed by atoms with Crippen molar-refractivity contribution in [1.29, 1.82) is 0 Å². The molecule has 0 atom stereocenters. The smallest absolute Gasteiger partial charge is 0.293 e. The van der Waals surface area contributed by atoms with Crippen molar-refractivity contribution in [2.45, 2.75) is 23.6 Å². The summed E-state index contributed by atoms with van der Waals surface area (Å²) in [5.41, 5.74) is 3.58. The summed E-state index contributed by atoms with van der Waals surface area (Å²) in [7, 11) is -4.39. The molecule has 0 saturated heterocycles. The average molecular weight is 580 g/mol. The lowest BCUT2D eigenvalue weighted by atomic mass is 10.0. The lowest BCUT2D eigenvalue weighted by molar-refractivity contribution is -0.384. The zero-order chi connectivity index (χ0) is 28.9. The maximum Gasteiger partial charge on any atom is 0.293 e. The first kappa shape index (κ1) is 28.8. The van der Waals surface area contributed by atoms with Gasteiger partial charge in [-0.1, -0.05) is 42.0 Å². The maximum absolute atomic E-state index is 13.2. The van der Waals surface area contributed by atoms with E-state index in [1.54, 1.807) is 36.0 Å². The van der Waals surface area contributed by atoms with Crippen molar-refractivity contribution >= 4 is 39.1 Å². The number of rotatable bonds is 10. The van der Waals surface area contributed by atoms with E-state index in [1.165, 1.54) is 42.0 Å². The molecule has 4 aromatic rings. The molecule has 0 aliphatic carbocycles. The van der Waals surface area contributed by atoms with Crippen LogP contribution in [0.25, 0.3) is 11.1 Å². The summed E-state index contributed by atoms with van der Waals surface area (Å²) in [6, 6.07) is 21.5. The number of sulfonamides is 1. The molecule has 0 fully saturated rings. The molecule has 11 heteroatoms. The largest absolute Gasteiger partial charge is 0.379 e. The molecule has 0 heterocycles. The van der Waals surface area contributed by atoms with Crippen LogP contribution in [0.1, 0.15) is 21.5 Å². The van der Waals surface area contributed by atoms with Gasteiger partial charge in [-0.15, -0.1) is 11.8 Å². The normalized spacial score (nSPS) is 11.2. The molecular formula is C29H26FN3O5S2. The van der Waals surface area contributed by atoms with Crippen LogP contribution in [0.15, 0.2) is 94.7 Å². The number of amides is 1. The molecule has 40 heavy (non-hydrogen) atoms. The van der Waals surface area contributed by atoms with Crippen molar-refractivity contribution in [3.8, 4) is 11.1 Å². The van der Waals surface area contributed by atoms with Gasteiger partial charge in [0.25, 0.3) is 21.6 Å². The van der Waals surface area contributed by atoms with Crippen LogP contribution in [0.2, 0.25) is 0 Å². The Morgan fingerprint density at radius 3 is 2.20 bits per heavy atom. The van der Waals surface area contributed by atoms with E-state index in [0.717, 1.165) is 22.1 Å². The fourth-order valence-corrected chi connectivity index (χ4v) is 5.85. The molecule has 4 rings (SSSR count). The number of hydrogen-bond donors (Lipinski definition) is 2. The van der Waals surface area contributed by atoms with Crippen molar-refractivity contribution in [3.05, 3.63) is 118 Å². The molecule has 0 spiro atoms. The Labute approximate surface area is 235 Å². The summed E-state index contributed by atoms with van der Waals surface area (Å²) in [5, 5.41) is 14.7. The number of nitro groups is 1. The molecule has 0 saturated carbocycles. The van der Waals surface area contributed by atoms with Crippen LogP contribution in [-0.2, 0) is 10.0 Å². The predicted molar refractivity (Wildman–Crippen MR) is 155 cm³/mol. The van der Waals surface area contributed by atoms with Gasteiger partial charge in [0.2, 0.25) is 0 Å². The van der Waals surface area contributed by atoms with E-state index in [9.17, 15) is 27.7 Å². The molecule has 2 N–H and O–H groups in total. The predicted octanol–water partition coefficient (Wildman–Crippen LogP) is 6.34. The highest BCUT2D eigenvalue weighted by Crippen LogP contribution is 2.29. The van der Waals surface area contributed by atoms with Gasteiger partial charge in [-0.2, -0.15) is 0 Å². The first-order valence-electron chi connectivity index (χ1n) is 12.2. The number of carbonyl (C=O) groups excluding carboxylic acids is 1. The number of nitrogens with zero attached hydrogens (tertiary/aromatic N) is 1. The molecule has 206 valence electrons. The van der Waals surface area contributed by atoms with Gasteiger partial charge >= 0.3 is 0 Å². The number of aryl methyl sites for hydroxylation is 2. The third-order valence-corrected chi connectivity index (χ3v) is 8.54. The molecule has 0 unspecified atom stereocenters. The van der Waals surface area contributed by atoms with Crippen LogP contribution in [0, 0.1) is 29.8 Å². The number of thioether (sulfide) groups is 1. The highest BCUT2D eigenvalue weighted by Gasteiger charge is 2.24. The van der Waals surface area contributed by atoms with Gasteiger partial charge in [0.1, 0.15) is 11.5 Å². The second kappa shape index (κ2) is 12.3. The molecule has 0 aliphatic heterocycles. The minimum atomic E-state index is -4.39. The van der Waals surface area contributed by atoms with Crippen LogP contribution < -0.4 is 10.0 Å². The van der Waals surface area contributed by atoms with E-state index < -0.39 is 31.4 Å². The number of carbonyl (C=O) groups is 1. The standard InChI is InChI=1S/C29H26FN3O5S2/c1-19-3-14-28(20(2)17-19)39-16-15-31-26-13-12-25(18-27(26)33(35)36)40(37,38)32-29(34)23-6-4-21(5-7-23)22-8-10-24(30)11-9-22/h3-14,17-18,31H,15-16H2,1-2H3,(H,32,34). The van der Waals surface area contributed by atoms with Crippen molar-refractivity contribution in [2.75, 3.05) is 17.6 Å². The van der Waals surface area contributed by atoms with Gasteiger partial charge < -0.3 is 5.32 Å². The quantitative estimate of drug-likeness (QED) is 0.0974. The fourth-order valence-electron chi connectivity index (χ4n) is 3.98. The van der Waals surface area contributed by atoms with Gasteiger partial charge in [-0.3, -0.25) is 14.9 Å². The average Bonchev–Trinajstić information content (AvgIpc) is 2.92. The van der Waals surface area contributed by atoms with E-state index in [0.29, 0.717) is 17.9 Å². The zero-order valence-corrected chi connectivity index (χ0v) is 23.3. The highest BCUT2D eigenvalue weighted by atomic mass is 32.2. The number of benzene rings is 4. The Balaban J connectivity index is 1.42. The molecule has 0 aliphatic rings. The van der Waals surface area contributed by atoms with Crippen molar-refractivity contribution < 1.29 is 22.5 Å². The van der Waals surface area contributed by atoms with E-state index in [-0.39, 0.29) is 17.1 Å². The third-order valence-electron chi connectivity index (χ3n) is 6.03. The van der Waals surface area contributed by atoms with Crippen LogP contribution in [0.4, 0.5) is 15.8 Å². The summed E-state index contributed by atoms with van der Waals surface area (Å²) in [6.07, 6.45) is 0. The molecule has 4 aromatic carbocycles. The van der Waals surface area contributed by atoms with E-state index in [1.807, 2.05) is 30.7 Å². The van der Waals surface area contributed by atoms with Gasteiger partial charge in [0.05, 0.1) is 9.82 Å². The summed E-state index contributed by atoms with van der Waals surface area (Å²) in [4.78, 5) is 24.4. The zero-order valence-electron chi connectivity index (χ0n) is 21.7. The Bertz CT molecular complexity index is 1660. The van der Waals surface area contributed by atoms with Gasteiger partial charge in [-0.25, -0.2) is 17.5 Å². The Morgan fingerprint density at radius 1 is 0.925 bits per heavy atom. The van der Waals surface area contributed by atoms with Gasteiger partial charge in [0.15, 0.2) is 0 Å². The maximum atomic E-state index is 13.2. The van der Waals surface area contributed by atoms with Crippen LogP contribution >= 0.6 is 11.8 Å². The molecule has 1 amide bonds. The van der Waals surface area contributed by atoms with Crippen LogP contribution in [0.3, 0.4) is 0 Å². The first-order valence-corrected chi connectivity index (χ1v) is 14.7. The minimum Gasteiger partial charge on any atom is -0.379 e. The van der Waals surface area contributed by atoms with Crippen molar-refractivity contribution in [3.63, 3.8) is 0 Å². The summed E-state index contributed by atoms with van der Waals surface area (Å²) in [5.74, 6) is -0.628. The third kappa shape index (κ3) is 7.04. The molecule has 0 radical (unpaired) electrons. The number of anilines is 1. The fraction of sp³-hybridized carbons (Fsp3) is 0.138. The monoisotopic (exact) mass is 579 g/mol. The van der Waals surface area contributed by atoms with Crippen LogP contribution in [0.5, 0.6) is 0 Å². The number of hydrogen-bond acceptors (Lipinski definition) is 7. The number of halogens is 1. The summed E-state index contributed by atoms with van der Waals surface area (Å²) in [6.45, 7) is 4.45. The Morgan fingerprint density at radius 2 is 1.57 bits per heavy atom. The molecule has 0 aromatic heterocycles. The minimum absolute atomic E-state index is 0.0727. The first-order chi connectivity index (χ1) is 19.0. The summed E-state index contributed by atoms with van der Waals surface area (Å²) < 4.78 is 40.9. The van der Waals surface area contributed by atoms with Crippen LogP contribution in [-0.4, -0.2) is 31.5 Å². The molecule has 0 bridgehead atoms. The highest BCUT2D eigenvalue weighted by molar-refractivity contribution is 7.99. The topological polar surface area (TPSA) is 118 Å².